The fourth-order valence-corrected chi connectivity index (χ4v) is 10.3. The van der Waals surface area contributed by atoms with E-state index in [0.29, 0.717) is 6.42 Å². The quantitative estimate of drug-likeness (QED) is 0.398. The Morgan fingerprint density at radius 2 is 1.79 bits per heavy atom. The minimum absolute atomic E-state index is 0.0329. The van der Waals surface area contributed by atoms with Gasteiger partial charge in [0.2, 0.25) is 0 Å². The van der Waals surface area contributed by atoms with Crippen LogP contribution in [0.25, 0.3) is 0 Å². The molecule has 5 rings (SSSR count). The Bertz CT molecular complexity index is 1100. The van der Waals surface area contributed by atoms with Crippen molar-refractivity contribution in [2.24, 2.45) is 58.2 Å². The van der Waals surface area contributed by atoms with Crippen LogP contribution in [0.3, 0.4) is 0 Å². The first-order chi connectivity index (χ1) is 18.0. The summed E-state index contributed by atoms with van der Waals surface area (Å²) in [7, 11) is 0. The van der Waals surface area contributed by atoms with E-state index in [9.17, 15) is 34.8 Å². The molecule has 1 saturated heterocycles. The number of aliphatic hydroxyl groups is 4. The number of carbonyl (C=O) groups is 3. The Morgan fingerprint density at radius 3 is 2.38 bits per heavy atom. The second-order valence-corrected chi connectivity index (χ2v) is 14.5. The zero-order valence-corrected chi connectivity index (χ0v) is 24.3. The number of carbonyl (C=O) groups excluding carboxylic acids is 3. The highest BCUT2D eigenvalue weighted by Gasteiger charge is 2.81. The van der Waals surface area contributed by atoms with Crippen molar-refractivity contribution >= 4 is 17.3 Å². The van der Waals surface area contributed by atoms with Gasteiger partial charge < -0.3 is 25.2 Å². The molecule has 0 aromatic rings. The smallest absolute Gasteiger partial charge is 0.196 e. The lowest BCUT2D eigenvalue weighted by atomic mass is 9.34. The van der Waals surface area contributed by atoms with Crippen LogP contribution in [0.4, 0.5) is 0 Å². The third kappa shape index (κ3) is 3.57. The van der Waals surface area contributed by atoms with Crippen molar-refractivity contribution in [3.63, 3.8) is 0 Å². The van der Waals surface area contributed by atoms with Crippen LogP contribution in [-0.4, -0.2) is 68.0 Å². The first kappa shape index (κ1) is 29.1. The highest BCUT2D eigenvalue weighted by molar-refractivity contribution is 5.96. The van der Waals surface area contributed by atoms with Crippen LogP contribution in [0.15, 0.2) is 11.6 Å². The predicted molar refractivity (Wildman–Crippen MR) is 142 cm³/mol. The minimum atomic E-state index is -1.98. The number of fused-ring (bicyclic) bond motifs is 1. The Kier molecular flexibility index (Phi) is 6.72. The fraction of sp³-hybridized carbons (Fsp3) is 0.839. The van der Waals surface area contributed by atoms with Gasteiger partial charge in [0.15, 0.2) is 11.6 Å². The molecule has 8 nitrogen and oxygen atoms in total. The average molecular weight is 547 g/mol. The summed E-state index contributed by atoms with van der Waals surface area (Å²) in [5.41, 5.74) is -2.29. The van der Waals surface area contributed by atoms with Gasteiger partial charge in [-0.15, -0.1) is 0 Å². The fourth-order valence-electron chi connectivity index (χ4n) is 10.3. The predicted octanol–water partition coefficient (Wildman–Crippen LogP) is 2.45. The second-order valence-electron chi connectivity index (χ2n) is 14.5. The van der Waals surface area contributed by atoms with Gasteiger partial charge in [-0.3, -0.25) is 14.4 Å². The number of rotatable bonds is 6. The SMILES string of the molecule is CC1=CC(=O)[C@@H](O)[C@]2(C)C3C4(O)OC[C@]35C(C(CC(=O)CC(O)(C(C)C)C(C)C)C(=O)C[C@@H]5C[C@@H]12)[C@@H](C)[C@H]4O. The molecule has 0 aromatic heterocycles. The molecular formula is C31H46O8. The van der Waals surface area contributed by atoms with E-state index in [0.717, 1.165) is 5.57 Å². The Labute approximate surface area is 231 Å². The third-order valence-corrected chi connectivity index (χ3v) is 12.3. The first-order valence-corrected chi connectivity index (χ1v) is 14.7. The molecule has 5 aliphatic rings. The normalized spacial score (nSPS) is 47.3. The van der Waals surface area contributed by atoms with E-state index in [1.165, 1.54) is 6.08 Å². The van der Waals surface area contributed by atoms with Crippen molar-refractivity contribution in [2.75, 3.05) is 6.61 Å². The zero-order valence-electron chi connectivity index (χ0n) is 24.3. The van der Waals surface area contributed by atoms with Crippen molar-refractivity contribution in [1.82, 2.24) is 0 Å². The van der Waals surface area contributed by atoms with E-state index in [1.54, 1.807) is 6.92 Å². The summed E-state index contributed by atoms with van der Waals surface area (Å²) in [5, 5.41) is 46.3. The number of hydrogen-bond donors (Lipinski definition) is 4. The van der Waals surface area contributed by atoms with Gasteiger partial charge in [0.05, 0.1) is 12.2 Å². The number of Topliss-reactive ketones (excluding diaryl/α,β-unsaturated/α-hetero) is 2. The summed E-state index contributed by atoms with van der Waals surface area (Å²) >= 11 is 0. The number of ketones is 3. The van der Waals surface area contributed by atoms with Crippen molar-refractivity contribution in [3.05, 3.63) is 11.6 Å². The summed E-state index contributed by atoms with van der Waals surface area (Å²) in [6, 6.07) is 0. The molecule has 3 saturated carbocycles. The molecule has 11 atom stereocenters. The van der Waals surface area contributed by atoms with Gasteiger partial charge in [-0.25, -0.2) is 0 Å². The van der Waals surface area contributed by atoms with Gasteiger partial charge in [0.25, 0.3) is 0 Å². The third-order valence-electron chi connectivity index (χ3n) is 12.3. The Hall–Kier alpha value is -1.45. The van der Waals surface area contributed by atoms with Gasteiger partial charge in [0, 0.05) is 41.9 Å². The van der Waals surface area contributed by atoms with Crippen molar-refractivity contribution in [3.8, 4) is 0 Å². The molecule has 0 radical (unpaired) electrons. The molecule has 4 unspecified atom stereocenters. The van der Waals surface area contributed by atoms with E-state index in [-0.39, 0.29) is 61.1 Å². The number of aliphatic hydroxyl groups excluding tert-OH is 2. The summed E-state index contributed by atoms with van der Waals surface area (Å²) in [4.78, 5) is 40.3. The molecule has 218 valence electrons. The van der Waals surface area contributed by atoms with Crippen LogP contribution >= 0.6 is 0 Å². The maximum absolute atomic E-state index is 13.8. The Morgan fingerprint density at radius 1 is 1.18 bits per heavy atom. The maximum Gasteiger partial charge on any atom is 0.196 e. The molecule has 39 heavy (non-hydrogen) atoms. The summed E-state index contributed by atoms with van der Waals surface area (Å²) in [6.45, 7) is 13.1. The minimum Gasteiger partial charge on any atom is -0.389 e. The Balaban J connectivity index is 1.60. The molecule has 4 aliphatic carbocycles. The summed E-state index contributed by atoms with van der Waals surface area (Å²) in [5.74, 6) is -5.91. The van der Waals surface area contributed by atoms with E-state index < -0.39 is 63.9 Å². The number of hydrogen-bond acceptors (Lipinski definition) is 8. The van der Waals surface area contributed by atoms with Crippen LogP contribution in [0.1, 0.15) is 74.1 Å². The largest absolute Gasteiger partial charge is 0.389 e. The molecule has 1 aliphatic heterocycles. The molecule has 1 heterocycles. The van der Waals surface area contributed by atoms with Crippen LogP contribution in [0.5, 0.6) is 0 Å². The molecular weight excluding hydrogens is 500 g/mol. The van der Waals surface area contributed by atoms with Crippen molar-refractivity contribution in [2.45, 2.75) is 97.7 Å². The molecule has 2 bridgehead atoms. The van der Waals surface area contributed by atoms with Crippen molar-refractivity contribution < 1.29 is 39.5 Å². The number of ether oxygens (including phenoxy) is 1. The van der Waals surface area contributed by atoms with Gasteiger partial charge in [-0.05, 0) is 54.9 Å². The van der Waals surface area contributed by atoms with Crippen LogP contribution in [-0.2, 0) is 19.1 Å². The number of allylic oxidation sites excluding steroid dienone is 1. The average Bonchev–Trinajstić information content (AvgIpc) is 3.13. The lowest BCUT2D eigenvalue weighted by molar-refractivity contribution is -0.327. The van der Waals surface area contributed by atoms with E-state index in [2.05, 4.69) is 0 Å². The van der Waals surface area contributed by atoms with Gasteiger partial charge >= 0.3 is 0 Å². The molecule has 0 amide bonds. The zero-order chi connectivity index (χ0) is 29.0. The van der Waals surface area contributed by atoms with Crippen molar-refractivity contribution in [1.29, 1.82) is 0 Å². The van der Waals surface area contributed by atoms with Crippen LogP contribution < -0.4 is 0 Å². The van der Waals surface area contributed by atoms with Gasteiger partial charge in [-0.2, -0.15) is 0 Å². The summed E-state index contributed by atoms with van der Waals surface area (Å²) < 4.78 is 6.11. The molecule has 4 fully saturated rings. The maximum atomic E-state index is 13.8. The van der Waals surface area contributed by atoms with E-state index in [4.69, 9.17) is 4.74 Å². The van der Waals surface area contributed by atoms with Crippen LogP contribution in [0, 0.1) is 58.2 Å². The molecule has 0 aromatic carbocycles. The highest BCUT2D eigenvalue weighted by atomic mass is 16.6. The monoisotopic (exact) mass is 546 g/mol. The van der Waals surface area contributed by atoms with Gasteiger partial charge in [0.1, 0.15) is 23.8 Å². The standard InChI is InChI=1S/C31H46O8/c1-14(2)30(37,15(3)4)12-19(32)11-20-22(33)10-18-9-21-16(5)8-23(34)26(36)28(21,7)27-29(18)13-39-31(27,38)25(35)17(6)24(20)29/h8,14-15,17-18,20-21,24-27,35-38H,9-13H2,1-7H3/t17-,18+,20?,21+,24?,25-,26-,27?,28-,29+,31?/m1/s1. The molecule has 8 heteroatoms. The topological polar surface area (TPSA) is 141 Å². The summed E-state index contributed by atoms with van der Waals surface area (Å²) in [6.07, 6.45) is -0.609. The van der Waals surface area contributed by atoms with E-state index in [1.807, 2.05) is 41.5 Å². The van der Waals surface area contributed by atoms with E-state index >= 15 is 0 Å². The van der Waals surface area contributed by atoms with Crippen LogP contribution in [0.2, 0.25) is 0 Å². The molecule has 1 spiro atoms. The first-order valence-electron chi connectivity index (χ1n) is 14.7. The highest BCUT2D eigenvalue weighted by Crippen LogP contribution is 2.76. The molecule has 4 N–H and O–H groups in total. The second kappa shape index (κ2) is 9.02. The van der Waals surface area contributed by atoms with Gasteiger partial charge in [-0.1, -0.05) is 47.1 Å². The lowest BCUT2D eigenvalue weighted by Gasteiger charge is -2.69. The lowest BCUT2D eigenvalue weighted by Crippen LogP contribution is -2.75.